The van der Waals surface area contributed by atoms with Crippen LogP contribution in [0.2, 0.25) is 0 Å². The van der Waals surface area contributed by atoms with Gasteiger partial charge in [0.05, 0.1) is 0 Å². The van der Waals surface area contributed by atoms with Crippen LogP contribution < -0.4 is 0 Å². The highest BCUT2D eigenvalue weighted by molar-refractivity contribution is 5.81. The van der Waals surface area contributed by atoms with Crippen LogP contribution in [0.3, 0.4) is 0 Å². The number of carbonyl (C=O) groups is 1. The van der Waals surface area contributed by atoms with Crippen LogP contribution in [0.25, 0.3) is 0 Å². The van der Waals surface area contributed by atoms with E-state index in [4.69, 9.17) is 0 Å². The second-order valence-electron chi connectivity index (χ2n) is 6.24. The summed E-state index contributed by atoms with van der Waals surface area (Å²) >= 11 is 0. The molecule has 2 heteroatoms. The summed E-state index contributed by atoms with van der Waals surface area (Å²) < 4.78 is 0. The molecule has 0 N–H and O–H groups in total. The largest absolute Gasteiger partial charge is 0.300 e. The standard InChI is InChI=1S/C15H27NO/c1-12-7-8-15(17)14(10-12)11-16-9-5-3-4-6-13(16)2/h12-14H,3-11H2,1-2H3. The third kappa shape index (κ3) is 3.54. The minimum Gasteiger partial charge on any atom is -0.300 e. The van der Waals surface area contributed by atoms with Gasteiger partial charge < -0.3 is 0 Å². The summed E-state index contributed by atoms with van der Waals surface area (Å²) in [5, 5.41) is 0. The van der Waals surface area contributed by atoms with E-state index < -0.39 is 0 Å². The van der Waals surface area contributed by atoms with Crippen molar-refractivity contribution in [3.8, 4) is 0 Å². The Kier molecular flexibility index (Phi) is 4.61. The van der Waals surface area contributed by atoms with Gasteiger partial charge in [-0.3, -0.25) is 9.69 Å². The van der Waals surface area contributed by atoms with Crippen molar-refractivity contribution in [1.29, 1.82) is 0 Å². The van der Waals surface area contributed by atoms with E-state index in [0.717, 1.165) is 31.7 Å². The molecule has 3 atom stereocenters. The average Bonchev–Trinajstić information content (AvgIpc) is 2.50. The molecule has 1 saturated carbocycles. The summed E-state index contributed by atoms with van der Waals surface area (Å²) in [5.41, 5.74) is 0. The molecule has 2 rings (SSSR count). The summed E-state index contributed by atoms with van der Waals surface area (Å²) in [6.07, 6.45) is 8.45. The van der Waals surface area contributed by atoms with Crippen LogP contribution in [0.5, 0.6) is 0 Å². The number of ketones is 1. The molecule has 0 spiro atoms. The zero-order valence-electron chi connectivity index (χ0n) is 11.5. The van der Waals surface area contributed by atoms with Crippen molar-refractivity contribution in [2.24, 2.45) is 11.8 Å². The molecule has 0 radical (unpaired) electrons. The van der Waals surface area contributed by atoms with Gasteiger partial charge in [-0.2, -0.15) is 0 Å². The number of likely N-dealkylation sites (tertiary alicyclic amines) is 1. The highest BCUT2D eigenvalue weighted by atomic mass is 16.1. The zero-order chi connectivity index (χ0) is 12.3. The van der Waals surface area contributed by atoms with E-state index in [2.05, 4.69) is 18.7 Å². The van der Waals surface area contributed by atoms with Crippen molar-refractivity contribution in [3.05, 3.63) is 0 Å². The third-order valence-electron chi connectivity index (χ3n) is 4.67. The smallest absolute Gasteiger partial charge is 0.137 e. The molecule has 2 fully saturated rings. The van der Waals surface area contributed by atoms with E-state index in [1.165, 1.54) is 32.2 Å². The molecular formula is C15H27NO. The predicted octanol–water partition coefficient (Wildman–Crippen LogP) is 3.26. The second kappa shape index (κ2) is 5.99. The van der Waals surface area contributed by atoms with Gasteiger partial charge in [-0.25, -0.2) is 0 Å². The quantitative estimate of drug-likeness (QED) is 0.735. The lowest BCUT2D eigenvalue weighted by Crippen LogP contribution is -2.40. The minimum absolute atomic E-state index is 0.333. The van der Waals surface area contributed by atoms with Crippen LogP contribution in [0.15, 0.2) is 0 Å². The Hall–Kier alpha value is -0.370. The lowest BCUT2D eigenvalue weighted by atomic mass is 9.81. The molecular weight excluding hydrogens is 210 g/mol. The topological polar surface area (TPSA) is 20.3 Å². The molecule has 1 saturated heterocycles. The lowest BCUT2D eigenvalue weighted by Gasteiger charge is -2.33. The van der Waals surface area contributed by atoms with Gasteiger partial charge in [0, 0.05) is 24.9 Å². The van der Waals surface area contributed by atoms with Gasteiger partial charge in [0.15, 0.2) is 0 Å². The van der Waals surface area contributed by atoms with E-state index in [-0.39, 0.29) is 0 Å². The maximum absolute atomic E-state index is 12.0. The molecule has 0 aromatic carbocycles. The monoisotopic (exact) mass is 237 g/mol. The molecule has 0 aromatic rings. The maximum Gasteiger partial charge on any atom is 0.137 e. The van der Waals surface area contributed by atoms with E-state index in [1.807, 2.05) is 0 Å². The first-order valence-corrected chi connectivity index (χ1v) is 7.43. The van der Waals surface area contributed by atoms with Crippen LogP contribution in [0, 0.1) is 11.8 Å². The van der Waals surface area contributed by atoms with E-state index in [1.54, 1.807) is 0 Å². The third-order valence-corrected chi connectivity index (χ3v) is 4.67. The van der Waals surface area contributed by atoms with Crippen LogP contribution in [0.4, 0.5) is 0 Å². The maximum atomic E-state index is 12.0. The van der Waals surface area contributed by atoms with Gasteiger partial charge in [-0.05, 0) is 45.1 Å². The molecule has 0 amide bonds. The Labute approximate surface area is 106 Å². The number of hydrogen-bond acceptors (Lipinski definition) is 2. The predicted molar refractivity (Wildman–Crippen MR) is 71.0 cm³/mol. The Morgan fingerprint density at radius 1 is 1.18 bits per heavy atom. The SMILES string of the molecule is CC1CCC(=O)C(CN2CCCCCC2C)C1. The number of rotatable bonds is 2. The molecule has 2 nitrogen and oxygen atoms in total. The Morgan fingerprint density at radius 2 is 2.00 bits per heavy atom. The fourth-order valence-electron chi connectivity index (χ4n) is 3.39. The van der Waals surface area contributed by atoms with Crippen molar-refractivity contribution in [2.75, 3.05) is 13.1 Å². The van der Waals surface area contributed by atoms with Crippen molar-refractivity contribution in [2.45, 2.75) is 64.8 Å². The highest BCUT2D eigenvalue weighted by Gasteiger charge is 2.29. The first kappa shape index (κ1) is 13.1. The zero-order valence-corrected chi connectivity index (χ0v) is 11.5. The van der Waals surface area contributed by atoms with E-state index in [9.17, 15) is 4.79 Å². The fraction of sp³-hybridized carbons (Fsp3) is 0.933. The average molecular weight is 237 g/mol. The first-order chi connectivity index (χ1) is 8.16. The van der Waals surface area contributed by atoms with E-state index in [0.29, 0.717) is 17.7 Å². The van der Waals surface area contributed by atoms with Crippen molar-refractivity contribution in [1.82, 2.24) is 4.90 Å². The summed E-state index contributed by atoms with van der Waals surface area (Å²) in [7, 11) is 0. The van der Waals surface area contributed by atoms with Crippen LogP contribution in [0.1, 0.15) is 58.8 Å². The second-order valence-corrected chi connectivity index (χ2v) is 6.24. The summed E-state index contributed by atoms with van der Waals surface area (Å²) in [6.45, 7) is 6.87. The number of hydrogen-bond donors (Lipinski definition) is 0. The van der Waals surface area contributed by atoms with Gasteiger partial charge >= 0.3 is 0 Å². The van der Waals surface area contributed by atoms with Crippen LogP contribution in [-0.2, 0) is 4.79 Å². The lowest BCUT2D eigenvalue weighted by molar-refractivity contribution is -0.126. The molecule has 17 heavy (non-hydrogen) atoms. The molecule has 1 aliphatic heterocycles. The minimum atomic E-state index is 0.333. The number of carbonyl (C=O) groups excluding carboxylic acids is 1. The number of nitrogens with zero attached hydrogens (tertiary/aromatic N) is 1. The molecule has 1 aliphatic carbocycles. The molecule has 0 aromatic heterocycles. The first-order valence-electron chi connectivity index (χ1n) is 7.43. The van der Waals surface area contributed by atoms with E-state index >= 15 is 0 Å². The van der Waals surface area contributed by atoms with Crippen LogP contribution in [-0.4, -0.2) is 29.8 Å². The van der Waals surface area contributed by atoms with Gasteiger partial charge in [0.1, 0.15) is 5.78 Å². The molecule has 3 unspecified atom stereocenters. The van der Waals surface area contributed by atoms with Gasteiger partial charge in [-0.1, -0.05) is 19.8 Å². The van der Waals surface area contributed by atoms with Crippen molar-refractivity contribution < 1.29 is 4.79 Å². The molecule has 2 aliphatic rings. The molecule has 1 heterocycles. The molecule has 0 bridgehead atoms. The van der Waals surface area contributed by atoms with Crippen LogP contribution >= 0.6 is 0 Å². The fourth-order valence-corrected chi connectivity index (χ4v) is 3.39. The normalized spacial score (nSPS) is 36.8. The Balaban J connectivity index is 1.91. The number of Topliss-reactive ketones (excluding diaryl/α,β-unsaturated/α-hetero) is 1. The summed E-state index contributed by atoms with van der Waals surface area (Å²) in [4.78, 5) is 14.6. The highest BCUT2D eigenvalue weighted by Crippen LogP contribution is 2.28. The Bertz CT molecular complexity index is 264. The van der Waals surface area contributed by atoms with Crippen molar-refractivity contribution >= 4 is 5.78 Å². The summed E-state index contributed by atoms with van der Waals surface area (Å²) in [6, 6.07) is 0.683. The van der Waals surface area contributed by atoms with Gasteiger partial charge in [0.25, 0.3) is 0 Å². The summed E-state index contributed by atoms with van der Waals surface area (Å²) in [5.74, 6) is 1.61. The Morgan fingerprint density at radius 3 is 2.82 bits per heavy atom. The molecule has 98 valence electrons. The van der Waals surface area contributed by atoms with Gasteiger partial charge in [0.2, 0.25) is 0 Å². The van der Waals surface area contributed by atoms with Crippen molar-refractivity contribution in [3.63, 3.8) is 0 Å². The van der Waals surface area contributed by atoms with Gasteiger partial charge in [-0.15, -0.1) is 0 Å².